The SMILES string of the molecule is C[C@@H](C(=O)NC(c1ccccc1)c1ccccc1)c1ccccc1. The second-order valence-electron chi connectivity index (χ2n) is 5.90. The first kappa shape index (κ1) is 16.0. The van der Waals surface area contributed by atoms with Crippen molar-refractivity contribution < 1.29 is 4.79 Å². The zero-order chi connectivity index (χ0) is 16.8. The maximum Gasteiger partial charge on any atom is 0.228 e. The molecule has 0 aliphatic carbocycles. The van der Waals surface area contributed by atoms with E-state index in [0.29, 0.717) is 0 Å². The quantitative estimate of drug-likeness (QED) is 0.727. The molecule has 0 saturated carbocycles. The van der Waals surface area contributed by atoms with Gasteiger partial charge in [0.1, 0.15) is 0 Å². The van der Waals surface area contributed by atoms with E-state index in [9.17, 15) is 4.79 Å². The molecule has 2 heteroatoms. The molecule has 1 amide bonds. The Hall–Kier alpha value is -2.87. The number of hydrogen-bond donors (Lipinski definition) is 1. The third kappa shape index (κ3) is 3.72. The van der Waals surface area contributed by atoms with Gasteiger partial charge in [0.25, 0.3) is 0 Å². The number of carbonyl (C=O) groups is 1. The highest BCUT2D eigenvalue weighted by molar-refractivity contribution is 5.84. The van der Waals surface area contributed by atoms with Crippen molar-refractivity contribution in [3.05, 3.63) is 108 Å². The molecule has 24 heavy (non-hydrogen) atoms. The lowest BCUT2D eigenvalue weighted by Crippen LogP contribution is -2.32. The summed E-state index contributed by atoms with van der Waals surface area (Å²) in [5.74, 6) is -0.167. The lowest BCUT2D eigenvalue weighted by Gasteiger charge is -2.22. The minimum absolute atomic E-state index is 0.0268. The van der Waals surface area contributed by atoms with Gasteiger partial charge in [-0.05, 0) is 23.6 Å². The predicted octanol–water partition coefficient (Wildman–Crippen LogP) is 4.70. The summed E-state index contributed by atoms with van der Waals surface area (Å²) in [6, 6.07) is 29.9. The van der Waals surface area contributed by atoms with Gasteiger partial charge >= 0.3 is 0 Å². The van der Waals surface area contributed by atoms with Crippen molar-refractivity contribution in [3.8, 4) is 0 Å². The first-order chi connectivity index (χ1) is 11.8. The van der Waals surface area contributed by atoms with Gasteiger partial charge in [-0.3, -0.25) is 4.79 Å². The topological polar surface area (TPSA) is 29.1 Å². The summed E-state index contributed by atoms with van der Waals surface area (Å²) in [7, 11) is 0. The molecule has 0 aromatic heterocycles. The highest BCUT2D eigenvalue weighted by atomic mass is 16.1. The van der Waals surface area contributed by atoms with Crippen molar-refractivity contribution in [1.82, 2.24) is 5.32 Å². The van der Waals surface area contributed by atoms with Gasteiger partial charge < -0.3 is 5.32 Å². The second-order valence-corrected chi connectivity index (χ2v) is 5.90. The van der Waals surface area contributed by atoms with Gasteiger partial charge in [-0.25, -0.2) is 0 Å². The number of amides is 1. The summed E-state index contributed by atoms with van der Waals surface area (Å²) in [5, 5.41) is 3.21. The Morgan fingerprint density at radius 2 is 1.04 bits per heavy atom. The van der Waals surface area contributed by atoms with Crippen LogP contribution in [-0.2, 0) is 4.79 Å². The molecule has 0 fully saturated rings. The van der Waals surface area contributed by atoms with E-state index in [1.165, 1.54) is 0 Å². The molecule has 0 aliphatic heterocycles. The largest absolute Gasteiger partial charge is 0.345 e. The van der Waals surface area contributed by atoms with E-state index in [4.69, 9.17) is 0 Å². The van der Waals surface area contributed by atoms with Gasteiger partial charge in [-0.1, -0.05) is 91.0 Å². The van der Waals surface area contributed by atoms with Crippen molar-refractivity contribution in [3.63, 3.8) is 0 Å². The van der Waals surface area contributed by atoms with Crippen LogP contribution in [0.3, 0.4) is 0 Å². The minimum atomic E-state index is -0.193. The zero-order valence-electron chi connectivity index (χ0n) is 13.7. The van der Waals surface area contributed by atoms with E-state index in [2.05, 4.69) is 5.32 Å². The Kier molecular flexibility index (Phi) is 5.07. The summed E-state index contributed by atoms with van der Waals surface area (Å²) < 4.78 is 0. The molecule has 1 N–H and O–H groups in total. The van der Waals surface area contributed by atoms with Gasteiger partial charge in [-0.15, -0.1) is 0 Å². The van der Waals surface area contributed by atoms with Gasteiger partial charge in [-0.2, -0.15) is 0 Å². The van der Waals surface area contributed by atoms with Crippen LogP contribution in [0.1, 0.15) is 35.6 Å². The van der Waals surface area contributed by atoms with Crippen LogP contribution in [0.2, 0.25) is 0 Å². The van der Waals surface area contributed by atoms with Gasteiger partial charge in [0.05, 0.1) is 12.0 Å². The Bertz CT molecular complexity index is 729. The molecule has 0 saturated heterocycles. The van der Waals surface area contributed by atoms with E-state index < -0.39 is 0 Å². The van der Waals surface area contributed by atoms with E-state index in [1.54, 1.807) is 0 Å². The molecular weight excluding hydrogens is 294 g/mol. The molecule has 0 bridgehead atoms. The van der Waals surface area contributed by atoms with E-state index in [1.807, 2.05) is 97.9 Å². The van der Waals surface area contributed by atoms with Gasteiger partial charge in [0.15, 0.2) is 0 Å². The Morgan fingerprint density at radius 1 is 0.667 bits per heavy atom. The minimum Gasteiger partial charge on any atom is -0.345 e. The first-order valence-electron chi connectivity index (χ1n) is 8.21. The van der Waals surface area contributed by atoms with Crippen molar-refractivity contribution in [2.75, 3.05) is 0 Å². The molecule has 0 aliphatic rings. The third-order valence-corrected chi connectivity index (χ3v) is 4.25. The van der Waals surface area contributed by atoms with Crippen LogP contribution in [0.25, 0.3) is 0 Å². The Balaban J connectivity index is 1.86. The lowest BCUT2D eigenvalue weighted by atomic mass is 9.96. The average molecular weight is 315 g/mol. The molecule has 0 heterocycles. The van der Waals surface area contributed by atoms with E-state index in [0.717, 1.165) is 16.7 Å². The first-order valence-corrected chi connectivity index (χ1v) is 8.21. The van der Waals surface area contributed by atoms with Crippen molar-refractivity contribution >= 4 is 5.91 Å². The van der Waals surface area contributed by atoms with Gasteiger partial charge in [0.2, 0.25) is 5.91 Å². The number of rotatable bonds is 5. The summed E-state index contributed by atoms with van der Waals surface area (Å²) >= 11 is 0. The third-order valence-electron chi connectivity index (χ3n) is 4.25. The van der Waals surface area contributed by atoms with Crippen LogP contribution < -0.4 is 5.32 Å². The molecule has 3 aromatic carbocycles. The smallest absolute Gasteiger partial charge is 0.228 e. The maximum absolute atomic E-state index is 12.8. The maximum atomic E-state index is 12.8. The molecular formula is C22H21NO. The van der Waals surface area contributed by atoms with Crippen molar-refractivity contribution in [1.29, 1.82) is 0 Å². The highest BCUT2D eigenvalue weighted by Gasteiger charge is 2.21. The Labute approximate surface area is 143 Å². The summed E-state index contributed by atoms with van der Waals surface area (Å²) in [6.07, 6.45) is 0. The van der Waals surface area contributed by atoms with Crippen molar-refractivity contribution in [2.45, 2.75) is 18.9 Å². The monoisotopic (exact) mass is 315 g/mol. The summed E-state index contributed by atoms with van der Waals surface area (Å²) in [5.41, 5.74) is 3.18. The van der Waals surface area contributed by atoms with Crippen LogP contribution in [0.4, 0.5) is 0 Å². The fraction of sp³-hybridized carbons (Fsp3) is 0.136. The zero-order valence-corrected chi connectivity index (χ0v) is 13.7. The molecule has 1 atom stereocenters. The molecule has 2 nitrogen and oxygen atoms in total. The highest BCUT2D eigenvalue weighted by Crippen LogP contribution is 2.24. The predicted molar refractivity (Wildman–Crippen MR) is 97.7 cm³/mol. The van der Waals surface area contributed by atoms with Gasteiger partial charge in [0, 0.05) is 0 Å². The summed E-state index contributed by atoms with van der Waals surface area (Å²) in [4.78, 5) is 12.8. The fourth-order valence-corrected chi connectivity index (χ4v) is 2.81. The van der Waals surface area contributed by atoms with Crippen molar-refractivity contribution in [2.24, 2.45) is 0 Å². The number of benzene rings is 3. The second kappa shape index (κ2) is 7.60. The number of nitrogens with one attached hydrogen (secondary N) is 1. The molecule has 0 unspecified atom stereocenters. The standard InChI is InChI=1S/C22H21NO/c1-17(18-11-5-2-6-12-18)22(24)23-21(19-13-7-3-8-14-19)20-15-9-4-10-16-20/h2-17,21H,1H3,(H,23,24)/t17-/m1/s1. The molecule has 0 radical (unpaired) electrons. The lowest BCUT2D eigenvalue weighted by molar-refractivity contribution is -0.122. The van der Waals surface area contributed by atoms with Crippen LogP contribution in [0.5, 0.6) is 0 Å². The number of hydrogen-bond acceptors (Lipinski definition) is 1. The fourth-order valence-electron chi connectivity index (χ4n) is 2.81. The molecule has 0 spiro atoms. The normalized spacial score (nSPS) is 11.9. The molecule has 120 valence electrons. The van der Waals surface area contributed by atoms with Crippen LogP contribution >= 0.6 is 0 Å². The summed E-state index contributed by atoms with van der Waals surface area (Å²) in [6.45, 7) is 1.94. The van der Waals surface area contributed by atoms with E-state index in [-0.39, 0.29) is 17.9 Å². The molecule has 3 aromatic rings. The molecule has 3 rings (SSSR count). The Morgan fingerprint density at radius 3 is 1.46 bits per heavy atom. The van der Waals surface area contributed by atoms with E-state index >= 15 is 0 Å². The van der Waals surface area contributed by atoms with Crippen LogP contribution in [0, 0.1) is 0 Å². The van der Waals surface area contributed by atoms with Crippen LogP contribution in [-0.4, -0.2) is 5.91 Å². The van der Waals surface area contributed by atoms with Crippen LogP contribution in [0.15, 0.2) is 91.0 Å². The number of carbonyl (C=O) groups excluding carboxylic acids is 1. The average Bonchev–Trinajstić information content (AvgIpc) is 2.67.